The Morgan fingerprint density at radius 3 is 3.16 bits per heavy atom. The first-order chi connectivity index (χ1) is 9.22. The lowest BCUT2D eigenvalue weighted by atomic mass is 10.3. The second kappa shape index (κ2) is 6.19. The minimum Gasteiger partial charge on any atom is -0.494 e. The number of urea groups is 1. The van der Waals surface area contributed by atoms with Crippen molar-refractivity contribution in [2.45, 2.75) is 6.92 Å². The molecule has 0 unspecified atom stereocenters. The summed E-state index contributed by atoms with van der Waals surface area (Å²) in [6.07, 6.45) is 1.62. The van der Waals surface area contributed by atoms with Crippen molar-refractivity contribution >= 4 is 32.7 Å². The Balaban J connectivity index is 2.12. The highest BCUT2D eigenvalue weighted by Crippen LogP contribution is 2.29. The molecule has 0 saturated carbocycles. The predicted molar refractivity (Wildman–Crippen MR) is 78.0 cm³/mol. The molecule has 0 spiro atoms. The van der Waals surface area contributed by atoms with Gasteiger partial charge in [0.25, 0.3) is 0 Å². The van der Waals surface area contributed by atoms with E-state index in [4.69, 9.17) is 4.74 Å². The summed E-state index contributed by atoms with van der Waals surface area (Å²) in [5.41, 5.74) is 0.840. The molecule has 0 saturated heterocycles. The maximum Gasteiger partial charge on any atom is 0.321 e. The lowest BCUT2D eigenvalue weighted by Gasteiger charge is -2.00. The fourth-order valence-electron chi connectivity index (χ4n) is 1.52. The molecule has 100 valence electrons. The summed E-state index contributed by atoms with van der Waals surface area (Å²) >= 11 is 1.41. The van der Waals surface area contributed by atoms with Crippen LogP contribution < -0.4 is 15.4 Å². The Labute approximate surface area is 115 Å². The first kappa shape index (κ1) is 13.4. The molecule has 1 aromatic heterocycles. The normalized spacial score (nSPS) is 10.2. The molecular formula is C13H15N3O2S. The molecule has 2 aromatic rings. The molecule has 1 heterocycles. The van der Waals surface area contributed by atoms with Gasteiger partial charge in [-0.3, -0.25) is 5.32 Å². The highest BCUT2D eigenvalue weighted by Gasteiger charge is 2.07. The molecule has 0 fully saturated rings. The predicted octanol–water partition coefficient (Wildman–Crippen LogP) is 3.00. The molecule has 5 nitrogen and oxygen atoms in total. The summed E-state index contributed by atoms with van der Waals surface area (Å²) < 4.78 is 6.40. The molecule has 2 N–H and O–H groups in total. The van der Waals surface area contributed by atoms with E-state index in [2.05, 4.69) is 22.2 Å². The van der Waals surface area contributed by atoms with Gasteiger partial charge < -0.3 is 10.1 Å². The van der Waals surface area contributed by atoms with E-state index in [1.54, 1.807) is 6.08 Å². The van der Waals surface area contributed by atoms with E-state index in [0.717, 1.165) is 16.0 Å². The molecule has 19 heavy (non-hydrogen) atoms. The van der Waals surface area contributed by atoms with Crippen molar-refractivity contribution in [3.8, 4) is 5.75 Å². The van der Waals surface area contributed by atoms with Gasteiger partial charge in [0.2, 0.25) is 0 Å². The number of hydrogen-bond acceptors (Lipinski definition) is 4. The third-order valence-electron chi connectivity index (χ3n) is 2.30. The molecule has 2 amide bonds. The van der Waals surface area contributed by atoms with E-state index in [0.29, 0.717) is 18.3 Å². The third kappa shape index (κ3) is 3.45. The summed E-state index contributed by atoms with van der Waals surface area (Å²) in [4.78, 5) is 15.8. The van der Waals surface area contributed by atoms with Gasteiger partial charge in [0.05, 0.1) is 16.8 Å². The smallest absolute Gasteiger partial charge is 0.321 e. The summed E-state index contributed by atoms with van der Waals surface area (Å²) in [6, 6.07) is 5.38. The number of rotatable bonds is 5. The van der Waals surface area contributed by atoms with Crippen LogP contribution in [0.3, 0.4) is 0 Å². The number of carbonyl (C=O) groups is 1. The molecule has 0 aliphatic rings. The zero-order chi connectivity index (χ0) is 13.7. The van der Waals surface area contributed by atoms with Gasteiger partial charge in [-0.25, -0.2) is 9.78 Å². The monoisotopic (exact) mass is 277 g/mol. The van der Waals surface area contributed by atoms with E-state index < -0.39 is 0 Å². The first-order valence-electron chi connectivity index (χ1n) is 5.92. The fraction of sp³-hybridized carbons (Fsp3) is 0.231. The number of thiazole rings is 1. The SMILES string of the molecule is C=CCNC(=O)Nc1nc2ccc(OCC)cc2s1. The van der Waals surface area contributed by atoms with Crippen molar-refractivity contribution in [2.75, 3.05) is 18.5 Å². The van der Waals surface area contributed by atoms with Crippen LogP contribution in [-0.4, -0.2) is 24.2 Å². The van der Waals surface area contributed by atoms with Crippen LogP contribution in [0.4, 0.5) is 9.93 Å². The van der Waals surface area contributed by atoms with Crippen LogP contribution in [0.2, 0.25) is 0 Å². The maximum atomic E-state index is 11.5. The minimum atomic E-state index is -0.288. The van der Waals surface area contributed by atoms with Gasteiger partial charge in [-0.1, -0.05) is 17.4 Å². The van der Waals surface area contributed by atoms with E-state index in [1.165, 1.54) is 11.3 Å². The first-order valence-corrected chi connectivity index (χ1v) is 6.73. The van der Waals surface area contributed by atoms with Gasteiger partial charge in [0.1, 0.15) is 5.75 Å². The van der Waals surface area contributed by atoms with Crippen LogP contribution in [-0.2, 0) is 0 Å². The average Bonchev–Trinajstić information content (AvgIpc) is 2.78. The summed E-state index contributed by atoms with van der Waals surface area (Å²) in [7, 11) is 0. The number of fused-ring (bicyclic) bond motifs is 1. The summed E-state index contributed by atoms with van der Waals surface area (Å²) in [5.74, 6) is 0.807. The van der Waals surface area contributed by atoms with Gasteiger partial charge in [0, 0.05) is 6.54 Å². The Kier molecular flexibility index (Phi) is 4.35. The van der Waals surface area contributed by atoms with Crippen molar-refractivity contribution < 1.29 is 9.53 Å². The molecule has 2 rings (SSSR count). The number of benzene rings is 1. The molecule has 6 heteroatoms. The van der Waals surface area contributed by atoms with E-state index in [9.17, 15) is 4.79 Å². The van der Waals surface area contributed by atoms with Gasteiger partial charge >= 0.3 is 6.03 Å². The molecule has 0 aliphatic heterocycles. The number of anilines is 1. The van der Waals surface area contributed by atoms with E-state index >= 15 is 0 Å². The van der Waals surface area contributed by atoms with Crippen LogP contribution in [0, 0.1) is 0 Å². The molecule has 1 aromatic carbocycles. The fourth-order valence-corrected chi connectivity index (χ4v) is 2.41. The van der Waals surface area contributed by atoms with Crippen LogP contribution in [0.15, 0.2) is 30.9 Å². The van der Waals surface area contributed by atoms with E-state index in [-0.39, 0.29) is 6.03 Å². The third-order valence-corrected chi connectivity index (χ3v) is 3.23. The number of ether oxygens (including phenoxy) is 1. The Hall–Kier alpha value is -2.08. The highest BCUT2D eigenvalue weighted by atomic mass is 32.1. The zero-order valence-electron chi connectivity index (χ0n) is 10.6. The van der Waals surface area contributed by atoms with Crippen LogP contribution >= 0.6 is 11.3 Å². The number of nitrogens with zero attached hydrogens (tertiary/aromatic N) is 1. The summed E-state index contributed by atoms with van der Waals surface area (Å²) in [6.45, 7) is 6.52. The van der Waals surface area contributed by atoms with Crippen molar-refractivity contribution in [1.29, 1.82) is 0 Å². The summed E-state index contributed by atoms with van der Waals surface area (Å²) in [5, 5.41) is 5.88. The highest BCUT2D eigenvalue weighted by molar-refractivity contribution is 7.22. The van der Waals surface area contributed by atoms with Crippen molar-refractivity contribution in [3.05, 3.63) is 30.9 Å². The van der Waals surface area contributed by atoms with Crippen molar-refractivity contribution in [1.82, 2.24) is 10.3 Å². The van der Waals surface area contributed by atoms with Crippen molar-refractivity contribution in [2.24, 2.45) is 0 Å². The molecule has 0 atom stereocenters. The number of carbonyl (C=O) groups excluding carboxylic acids is 1. The van der Waals surface area contributed by atoms with Gasteiger partial charge in [-0.15, -0.1) is 6.58 Å². The number of nitrogens with one attached hydrogen (secondary N) is 2. The number of hydrogen-bond donors (Lipinski definition) is 2. The molecule has 0 aliphatic carbocycles. The zero-order valence-corrected chi connectivity index (χ0v) is 11.4. The van der Waals surface area contributed by atoms with Crippen LogP contribution in [0.1, 0.15) is 6.92 Å². The van der Waals surface area contributed by atoms with Crippen LogP contribution in [0.5, 0.6) is 5.75 Å². The maximum absolute atomic E-state index is 11.5. The minimum absolute atomic E-state index is 0.288. The second-order valence-corrected chi connectivity index (χ2v) is 4.74. The average molecular weight is 277 g/mol. The molecule has 0 radical (unpaired) electrons. The van der Waals surface area contributed by atoms with Gasteiger partial charge in [-0.05, 0) is 25.1 Å². The molecule has 0 bridgehead atoms. The van der Waals surface area contributed by atoms with Crippen LogP contribution in [0.25, 0.3) is 10.2 Å². The largest absolute Gasteiger partial charge is 0.494 e. The Morgan fingerprint density at radius 2 is 2.42 bits per heavy atom. The standard InChI is InChI=1S/C13H15N3O2S/c1-3-7-14-12(17)16-13-15-10-6-5-9(18-4-2)8-11(10)19-13/h3,5-6,8H,1,4,7H2,2H3,(H2,14,15,16,17). The Bertz CT molecular complexity index is 595. The number of aromatic nitrogens is 1. The topological polar surface area (TPSA) is 63.2 Å². The quantitative estimate of drug-likeness (QED) is 0.826. The Morgan fingerprint density at radius 1 is 1.58 bits per heavy atom. The van der Waals surface area contributed by atoms with E-state index in [1.807, 2.05) is 25.1 Å². The van der Waals surface area contributed by atoms with Gasteiger partial charge in [0.15, 0.2) is 5.13 Å². The lowest BCUT2D eigenvalue weighted by Crippen LogP contribution is -2.28. The van der Waals surface area contributed by atoms with Crippen molar-refractivity contribution in [3.63, 3.8) is 0 Å². The van der Waals surface area contributed by atoms with Gasteiger partial charge in [-0.2, -0.15) is 0 Å². The number of amides is 2. The lowest BCUT2D eigenvalue weighted by molar-refractivity contribution is 0.253. The molecular weight excluding hydrogens is 262 g/mol. The second-order valence-electron chi connectivity index (χ2n) is 3.71.